The molecule has 0 aromatic rings. The fourth-order valence-electron chi connectivity index (χ4n) is 0.967. The van der Waals surface area contributed by atoms with Crippen LogP contribution in [0, 0.1) is 11.4 Å². The normalized spacial score (nSPS) is 29.7. The first-order valence-corrected chi connectivity index (χ1v) is 3.51. The zero-order valence-electron chi connectivity index (χ0n) is 6.13. The number of hydrogen-bond donors (Lipinski definition) is 1. The van der Waals surface area contributed by atoms with Crippen molar-refractivity contribution in [3.05, 3.63) is 12.0 Å². The Morgan fingerprint density at radius 1 is 1.80 bits per heavy atom. The SMILES string of the molecule is CC1CC/C(=C\N=N)OC1. The zero-order valence-corrected chi connectivity index (χ0v) is 6.13. The van der Waals surface area contributed by atoms with Gasteiger partial charge in [-0.1, -0.05) is 6.92 Å². The van der Waals surface area contributed by atoms with Crippen LogP contribution in [-0.4, -0.2) is 6.61 Å². The molecule has 0 aromatic carbocycles. The van der Waals surface area contributed by atoms with Crippen molar-refractivity contribution in [3.63, 3.8) is 0 Å². The molecule has 1 aliphatic rings. The molecule has 0 spiro atoms. The fourth-order valence-corrected chi connectivity index (χ4v) is 0.967. The lowest BCUT2D eigenvalue weighted by Crippen LogP contribution is -2.12. The molecule has 0 saturated carbocycles. The number of nitrogens with zero attached hydrogens (tertiary/aromatic N) is 1. The van der Waals surface area contributed by atoms with Crippen molar-refractivity contribution >= 4 is 0 Å². The maximum Gasteiger partial charge on any atom is 0.116 e. The largest absolute Gasteiger partial charge is 0.496 e. The molecule has 0 aromatic heterocycles. The predicted octanol–water partition coefficient (Wildman–Crippen LogP) is 2.31. The summed E-state index contributed by atoms with van der Waals surface area (Å²) in [5.74, 6) is 1.51. The molecule has 3 heteroatoms. The van der Waals surface area contributed by atoms with E-state index < -0.39 is 0 Å². The highest BCUT2D eigenvalue weighted by Crippen LogP contribution is 2.20. The Balaban J connectivity index is 2.39. The molecule has 3 nitrogen and oxygen atoms in total. The average Bonchev–Trinajstić information content (AvgIpc) is 1.95. The van der Waals surface area contributed by atoms with Crippen LogP contribution in [0.2, 0.25) is 0 Å². The second kappa shape index (κ2) is 3.34. The van der Waals surface area contributed by atoms with E-state index in [1.807, 2.05) is 0 Å². The summed E-state index contributed by atoms with van der Waals surface area (Å²) in [6, 6.07) is 0. The Morgan fingerprint density at radius 3 is 3.10 bits per heavy atom. The molecule has 1 atom stereocenters. The van der Waals surface area contributed by atoms with Gasteiger partial charge < -0.3 is 4.74 Å². The maximum absolute atomic E-state index is 6.56. The number of nitrogens with one attached hydrogen (secondary N) is 1. The first kappa shape index (κ1) is 7.25. The van der Waals surface area contributed by atoms with Gasteiger partial charge in [0.2, 0.25) is 0 Å². The van der Waals surface area contributed by atoms with Crippen LogP contribution in [0.5, 0.6) is 0 Å². The minimum atomic E-state index is 0.655. The molecule has 0 bridgehead atoms. The van der Waals surface area contributed by atoms with E-state index in [2.05, 4.69) is 12.0 Å². The van der Waals surface area contributed by atoms with Crippen LogP contribution in [0.1, 0.15) is 19.8 Å². The van der Waals surface area contributed by atoms with Crippen molar-refractivity contribution in [2.45, 2.75) is 19.8 Å². The second-order valence-electron chi connectivity index (χ2n) is 2.68. The molecule has 1 unspecified atom stereocenters. The van der Waals surface area contributed by atoms with E-state index >= 15 is 0 Å². The van der Waals surface area contributed by atoms with E-state index in [9.17, 15) is 0 Å². The van der Waals surface area contributed by atoms with Gasteiger partial charge in [-0.3, -0.25) is 0 Å². The van der Waals surface area contributed by atoms with E-state index in [0.29, 0.717) is 5.92 Å². The smallest absolute Gasteiger partial charge is 0.116 e. The molecule has 1 rings (SSSR count). The van der Waals surface area contributed by atoms with E-state index in [1.54, 1.807) is 0 Å². The lowest BCUT2D eigenvalue weighted by molar-refractivity contribution is 0.123. The van der Waals surface area contributed by atoms with Crippen LogP contribution in [0.15, 0.2) is 17.1 Å². The van der Waals surface area contributed by atoms with Crippen molar-refractivity contribution < 1.29 is 4.74 Å². The van der Waals surface area contributed by atoms with Gasteiger partial charge >= 0.3 is 0 Å². The fraction of sp³-hybridized carbons (Fsp3) is 0.714. The van der Waals surface area contributed by atoms with E-state index in [1.165, 1.54) is 6.20 Å². The molecule has 1 N–H and O–H groups in total. The van der Waals surface area contributed by atoms with Gasteiger partial charge in [0.15, 0.2) is 0 Å². The molecule has 1 aliphatic heterocycles. The van der Waals surface area contributed by atoms with Crippen LogP contribution < -0.4 is 0 Å². The molecule has 1 heterocycles. The van der Waals surface area contributed by atoms with E-state index in [-0.39, 0.29) is 0 Å². The van der Waals surface area contributed by atoms with Crippen molar-refractivity contribution in [3.8, 4) is 0 Å². The first-order valence-electron chi connectivity index (χ1n) is 3.51. The first-order chi connectivity index (χ1) is 4.83. The number of rotatable bonds is 1. The third-order valence-corrected chi connectivity index (χ3v) is 1.65. The van der Waals surface area contributed by atoms with Crippen LogP contribution >= 0.6 is 0 Å². The highest BCUT2D eigenvalue weighted by Gasteiger charge is 2.12. The molecule has 10 heavy (non-hydrogen) atoms. The third-order valence-electron chi connectivity index (χ3n) is 1.65. The van der Waals surface area contributed by atoms with E-state index in [0.717, 1.165) is 25.2 Å². The van der Waals surface area contributed by atoms with Gasteiger partial charge in [0.25, 0.3) is 0 Å². The summed E-state index contributed by atoms with van der Waals surface area (Å²) < 4.78 is 5.28. The standard InChI is InChI=1S/C7H12N2O/c1-6-2-3-7(4-9-8)10-5-6/h4,6,8H,2-3,5H2,1H3/b7-4+,9-8?. The highest BCUT2D eigenvalue weighted by molar-refractivity contribution is 4.93. The molecule has 1 saturated heterocycles. The summed E-state index contributed by atoms with van der Waals surface area (Å²) in [6.07, 6.45) is 3.57. The minimum Gasteiger partial charge on any atom is -0.496 e. The zero-order chi connectivity index (χ0) is 7.40. The monoisotopic (exact) mass is 140 g/mol. The van der Waals surface area contributed by atoms with Gasteiger partial charge in [0, 0.05) is 6.42 Å². The Kier molecular flexibility index (Phi) is 2.42. The summed E-state index contributed by atoms with van der Waals surface area (Å²) >= 11 is 0. The lowest BCUT2D eigenvalue weighted by Gasteiger charge is -2.20. The third kappa shape index (κ3) is 1.83. The van der Waals surface area contributed by atoms with E-state index in [4.69, 9.17) is 10.3 Å². The molecule has 0 aliphatic carbocycles. The summed E-state index contributed by atoms with van der Waals surface area (Å²) in [7, 11) is 0. The van der Waals surface area contributed by atoms with Gasteiger partial charge in [-0.2, -0.15) is 5.11 Å². The molecular formula is C7H12N2O. The van der Waals surface area contributed by atoms with Crippen molar-refractivity contribution in [2.24, 2.45) is 11.0 Å². The second-order valence-corrected chi connectivity index (χ2v) is 2.68. The Labute approximate surface area is 60.6 Å². The van der Waals surface area contributed by atoms with Crippen molar-refractivity contribution in [2.75, 3.05) is 6.61 Å². The summed E-state index contributed by atoms with van der Waals surface area (Å²) in [5.41, 5.74) is 6.56. The van der Waals surface area contributed by atoms with Gasteiger partial charge in [0.05, 0.1) is 12.8 Å². The van der Waals surface area contributed by atoms with Crippen LogP contribution in [0.25, 0.3) is 0 Å². The predicted molar refractivity (Wildman–Crippen MR) is 37.6 cm³/mol. The maximum atomic E-state index is 6.56. The summed E-state index contributed by atoms with van der Waals surface area (Å²) in [4.78, 5) is 0. The number of allylic oxidation sites excluding steroid dienone is 1. The Morgan fingerprint density at radius 2 is 2.60 bits per heavy atom. The topological polar surface area (TPSA) is 45.4 Å². The summed E-state index contributed by atoms with van der Waals surface area (Å²) in [6.45, 7) is 2.94. The van der Waals surface area contributed by atoms with Crippen LogP contribution in [-0.2, 0) is 4.74 Å². The van der Waals surface area contributed by atoms with Crippen LogP contribution in [0.3, 0.4) is 0 Å². The van der Waals surface area contributed by atoms with Crippen LogP contribution in [0.4, 0.5) is 0 Å². The van der Waals surface area contributed by atoms with Gasteiger partial charge in [-0.15, -0.1) is 0 Å². The average molecular weight is 140 g/mol. The molecule has 0 radical (unpaired) electrons. The summed E-state index contributed by atoms with van der Waals surface area (Å²) in [5, 5.41) is 3.15. The Bertz CT molecular complexity index is 144. The van der Waals surface area contributed by atoms with Crippen molar-refractivity contribution in [1.29, 1.82) is 5.53 Å². The highest BCUT2D eigenvalue weighted by atomic mass is 16.5. The molecule has 0 amide bonds. The molecule has 1 fully saturated rings. The van der Waals surface area contributed by atoms with Gasteiger partial charge in [-0.25, -0.2) is 5.53 Å². The number of ether oxygens (including phenoxy) is 1. The number of hydrogen-bond acceptors (Lipinski definition) is 3. The lowest BCUT2D eigenvalue weighted by atomic mass is 10.0. The van der Waals surface area contributed by atoms with Gasteiger partial charge in [-0.05, 0) is 12.3 Å². The quantitative estimate of drug-likeness (QED) is 0.558. The Hall–Kier alpha value is -0.860. The molecular weight excluding hydrogens is 128 g/mol. The molecule has 56 valence electrons. The van der Waals surface area contributed by atoms with Crippen molar-refractivity contribution in [1.82, 2.24) is 0 Å². The minimum absolute atomic E-state index is 0.655. The van der Waals surface area contributed by atoms with Gasteiger partial charge in [0.1, 0.15) is 5.76 Å².